The van der Waals surface area contributed by atoms with E-state index >= 15 is 0 Å². The highest BCUT2D eigenvalue weighted by molar-refractivity contribution is 7.13. The molecule has 0 spiro atoms. The summed E-state index contributed by atoms with van der Waals surface area (Å²) in [5, 5.41) is 3.97. The summed E-state index contributed by atoms with van der Waals surface area (Å²) in [5.74, 6) is -5.62. The number of aromatic nitrogens is 2. The van der Waals surface area contributed by atoms with Gasteiger partial charge in [0.25, 0.3) is 11.1 Å². The predicted molar refractivity (Wildman–Crippen MR) is 97.6 cm³/mol. The van der Waals surface area contributed by atoms with Crippen molar-refractivity contribution in [2.45, 2.75) is 59.2 Å². The Morgan fingerprint density at radius 1 is 1.28 bits per heavy atom. The zero-order valence-electron chi connectivity index (χ0n) is 16.6. The molecule has 0 atom stereocenters. The number of hydrogen-bond donors (Lipinski definition) is 0. The summed E-state index contributed by atoms with van der Waals surface area (Å²) in [7, 11) is 0. The minimum Gasteiger partial charge on any atom is -0.459 e. The first-order valence-corrected chi connectivity index (χ1v) is 9.59. The zero-order valence-corrected chi connectivity index (χ0v) is 17.4. The highest BCUT2D eigenvalue weighted by Gasteiger charge is 2.61. The van der Waals surface area contributed by atoms with E-state index in [1.165, 1.54) is 4.90 Å². The number of hydrogen-bond acceptors (Lipinski definition) is 5. The second-order valence-corrected chi connectivity index (χ2v) is 8.76. The Morgan fingerprint density at radius 3 is 2.41 bits per heavy atom. The van der Waals surface area contributed by atoms with E-state index in [4.69, 9.17) is 4.74 Å². The Hall–Kier alpha value is -2.04. The smallest absolute Gasteiger partial charge is 0.459 e. The van der Waals surface area contributed by atoms with Crippen molar-refractivity contribution in [1.29, 1.82) is 0 Å². The number of ether oxygens (including phenoxy) is 1. The quantitative estimate of drug-likeness (QED) is 0.581. The van der Waals surface area contributed by atoms with Crippen molar-refractivity contribution >= 4 is 17.2 Å². The SMILES string of the molecule is CC1=CC(N(C(=O)COc2nnc(C(F)(F)C(F)(F)F)s2)C(C)C)=CC(C)(C)C1. The van der Waals surface area contributed by atoms with Gasteiger partial charge < -0.3 is 9.64 Å². The van der Waals surface area contributed by atoms with Crippen molar-refractivity contribution in [2.24, 2.45) is 5.41 Å². The average Bonchev–Trinajstić information content (AvgIpc) is 2.99. The molecule has 11 heteroatoms. The number of carbonyl (C=O) groups is 1. The van der Waals surface area contributed by atoms with Crippen molar-refractivity contribution in [3.63, 3.8) is 0 Å². The van der Waals surface area contributed by atoms with Crippen LogP contribution in [0.25, 0.3) is 0 Å². The van der Waals surface area contributed by atoms with Crippen LogP contribution in [0.4, 0.5) is 22.0 Å². The minimum atomic E-state index is -5.79. The topological polar surface area (TPSA) is 55.3 Å². The molecular formula is C18H22F5N3O2S. The van der Waals surface area contributed by atoms with E-state index in [-0.39, 0.29) is 22.8 Å². The fourth-order valence-electron chi connectivity index (χ4n) is 3.09. The molecule has 0 aliphatic heterocycles. The lowest BCUT2D eigenvalue weighted by molar-refractivity contribution is -0.289. The minimum absolute atomic E-state index is 0.0472. The number of allylic oxidation sites excluding steroid dienone is 3. The summed E-state index contributed by atoms with van der Waals surface area (Å²) in [4.78, 5) is 14.2. The van der Waals surface area contributed by atoms with E-state index in [0.29, 0.717) is 5.70 Å². The lowest BCUT2D eigenvalue weighted by atomic mass is 9.81. The molecule has 1 heterocycles. The maximum Gasteiger partial charge on any atom is 0.460 e. The van der Waals surface area contributed by atoms with Crippen LogP contribution in [-0.4, -0.2) is 39.8 Å². The highest BCUT2D eigenvalue weighted by Crippen LogP contribution is 2.45. The molecular weight excluding hydrogens is 417 g/mol. The summed E-state index contributed by atoms with van der Waals surface area (Å²) >= 11 is -0.0472. The van der Waals surface area contributed by atoms with Crippen molar-refractivity contribution in [2.75, 3.05) is 6.61 Å². The molecule has 0 aromatic carbocycles. The van der Waals surface area contributed by atoms with Gasteiger partial charge in [-0.15, -0.1) is 5.10 Å². The molecule has 162 valence electrons. The predicted octanol–water partition coefficient (Wildman–Crippen LogP) is 5.07. The fraction of sp³-hybridized carbons (Fsp3) is 0.611. The third-order valence-corrected chi connectivity index (χ3v) is 4.99. The molecule has 1 aliphatic carbocycles. The van der Waals surface area contributed by atoms with Gasteiger partial charge in [0.1, 0.15) is 0 Å². The van der Waals surface area contributed by atoms with Crippen LogP contribution < -0.4 is 4.74 Å². The third kappa shape index (κ3) is 5.31. The van der Waals surface area contributed by atoms with Crippen LogP contribution >= 0.6 is 11.3 Å². The van der Waals surface area contributed by atoms with Crippen molar-refractivity contribution in [3.8, 4) is 5.19 Å². The maximum absolute atomic E-state index is 13.3. The Morgan fingerprint density at radius 2 is 1.90 bits per heavy atom. The van der Waals surface area contributed by atoms with Gasteiger partial charge in [0, 0.05) is 11.7 Å². The van der Waals surface area contributed by atoms with Crippen molar-refractivity contribution in [3.05, 3.63) is 28.4 Å². The van der Waals surface area contributed by atoms with Crippen LogP contribution in [0.3, 0.4) is 0 Å². The molecule has 0 bridgehead atoms. The zero-order chi connectivity index (χ0) is 22.2. The summed E-state index contributed by atoms with van der Waals surface area (Å²) in [6.07, 6.45) is -1.10. The molecule has 29 heavy (non-hydrogen) atoms. The van der Waals surface area contributed by atoms with E-state index in [0.717, 1.165) is 12.0 Å². The van der Waals surface area contributed by atoms with E-state index < -0.39 is 34.8 Å². The van der Waals surface area contributed by atoms with E-state index in [1.807, 2.05) is 32.9 Å². The van der Waals surface area contributed by atoms with Crippen molar-refractivity contribution in [1.82, 2.24) is 15.1 Å². The van der Waals surface area contributed by atoms with Crippen molar-refractivity contribution < 1.29 is 31.5 Å². The van der Waals surface area contributed by atoms with Gasteiger partial charge in [0.15, 0.2) is 11.6 Å². The van der Waals surface area contributed by atoms with Gasteiger partial charge in [-0.2, -0.15) is 22.0 Å². The van der Waals surface area contributed by atoms with Gasteiger partial charge in [0.05, 0.1) is 0 Å². The average molecular weight is 439 g/mol. The fourth-order valence-corrected chi connectivity index (χ4v) is 3.78. The molecule has 1 aromatic heterocycles. The van der Waals surface area contributed by atoms with Gasteiger partial charge in [-0.25, -0.2) is 0 Å². The molecule has 0 unspecified atom stereocenters. The van der Waals surface area contributed by atoms with Crippen LogP contribution in [0.5, 0.6) is 5.19 Å². The summed E-state index contributed by atoms with van der Waals surface area (Å²) in [6.45, 7) is 9.05. The number of alkyl halides is 5. The molecule has 1 aromatic rings. The maximum atomic E-state index is 13.3. The van der Waals surface area contributed by atoms with Crippen LogP contribution in [0, 0.1) is 5.41 Å². The molecule has 0 fully saturated rings. The Bertz CT molecular complexity index is 828. The van der Waals surface area contributed by atoms with Gasteiger partial charge in [-0.1, -0.05) is 41.9 Å². The monoisotopic (exact) mass is 439 g/mol. The Balaban J connectivity index is 2.14. The van der Waals surface area contributed by atoms with Gasteiger partial charge >= 0.3 is 12.1 Å². The summed E-state index contributed by atoms with van der Waals surface area (Å²) in [6, 6.07) is -0.227. The van der Waals surface area contributed by atoms with E-state index in [2.05, 4.69) is 10.2 Å². The number of rotatable bonds is 6. The molecule has 2 rings (SSSR count). The molecule has 0 saturated carbocycles. The first-order chi connectivity index (χ1) is 13.1. The lowest BCUT2D eigenvalue weighted by Gasteiger charge is -2.34. The summed E-state index contributed by atoms with van der Waals surface area (Å²) < 4.78 is 68.9. The largest absolute Gasteiger partial charge is 0.460 e. The normalized spacial score (nSPS) is 17.1. The first-order valence-electron chi connectivity index (χ1n) is 8.77. The first kappa shape index (κ1) is 23.2. The molecule has 1 amide bonds. The van der Waals surface area contributed by atoms with Gasteiger partial charge in [-0.05, 0) is 38.7 Å². The van der Waals surface area contributed by atoms with Crippen LogP contribution in [0.15, 0.2) is 23.4 Å². The number of halogens is 5. The Labute approximate surface area is 169 Å². The lowest BCUT2D eigenvalue weighted by Crippen LogP contribution is -2.40. The number of carbonyl (C=O) groups excluding carboxylic acids is 1. The standard InChI is InChI=1S/C18H22F5N3O2S/c1-10(2)26(12-6-11(3)7-16(4,5)8-12)13(27)9-28-15-25-24-14(29-15)17(19,20)18(21,22)23/h6,8,10H,7,9H2,1-5H3. The molecule has 0 radical (unpaired) electrons. The van der Waals surface area contributed by atoms with Gasteiger partial charge in [-0.3, -0.25) is 4.79 Å². The number of nitrogens with zero attached hydrogens (tertiary/aromatic N) is 3. The second kappa shape index (κ2) is 8.00. The number of amides is 1. The van der Waals surface area contributed by atoms with Gasteiger partial charge in [0.2, 0.25) is 0 Å². The third-order valence-electron chi connectivity index (χ3n) is 4.08. The Kier molecular flexibility index (Phi) is 6.41. The van der Waals surface area contributed by atoms with Crippen LogP contribution in [0.2, 0.25) is 0 Å². The second-order valence-electron chi connectivity index (χ2n) is 7.82. The summed E-state index contributed by atoms with van der Waals surface area (Å²) in [5.41, 5.74) is 1.62. The van der Waals surface area contributed by atoms with Crippen LogP contribution in [0.1, 0.15) is 46.0 Å². The molecule has 0 saturated heterocycles. The molecule has 0 N–H and O–H groups in total. The highest BCUT2D eigenvalue weighted by atomic mass is 32.1. The van der Waals surface area contributed by atoms with E-state index in [9.17, 15) is 26.7 Å². The van der Waals surface area contributed by atoms with Crippen LogP contribution in [-0.2, 0) is 10.7 Å². The van der Waals surface area contributed by atoms with E-state index in [1.54, 1.807) is 13.8 Å². The molecule has 5 nitrogen and oxygen atoms in total. The molecule has 1 aliphatic rings.